The number of nitrogens with zero attached hydrogens (tertiary/aromatic N) is 5. The minimum Gasteiger partial charge on any atom is -0.298 e. The highest BCUT2D eigenvalue weighted by Gasteiger charge is 2.23. The lowest BCUT2D eigenvalue weighted by Gasteiger charge is -2.32. The van der Waals surface area contributed by atoms with Crippen LogP contribution in [-0.4, -0.2) is 37.5 Å². The number of likely N-dealkylation sites (tertiary alicyclic amines) is 1. The molecule has 1 fully saturated rings. The van der Waals surface area contributed by atoms with Gasteiger partial charge in [-0.3, -0.25) is 14.5 Å². The lowest BCUT2D eigenvalue weighted by atomic mass is 9.94. The summed E-state index contributed by atoms with van der Waals surface area (Å²) in [7, 11) is 0. The van der Waals surface area contributed by atoms with Gasteiger partial charge in [0.25, 0.3) is 0 Å². The van der Waals surface area contributed by atoms with Gasteiger partial charge in [0, 0.05) is 44.0 Å². The highest BCUT2D eigenvalue weighted by Crippen LogP contribution is 2.26. The number of hydrogen-bond acceptors (Lipinski definition) is 4. The molecule has 0 spiro atoms. The quantitative estimate of drug-likeness (QED) is 0.707. The first-order chi connectivity index (χ1) is 12.8. The van der Waals surface area contributed by atoms with Crippen molar-refractivity contribution in [3.63, 3.8) is 0 Å². The van der Waals surface area contributed by atoms with Crippen LogP contribution in [0.3, 0.4) is 0 Å². The summed E-state index contributed by atoms with van der Waals surface area (Å²) in [5.74, 6) is 2.33. The van der Waals surface area contributed by atoms with Crippen LogP contribution in [0, 0.1) is 0 Å². The Bertz CT molecular complexity index is 842. The molecule has 1 atom stereocenters. The fraction of sp³-hybridized carbons (Fsp3) is 0.381. The van der Waals surface area contributed by atoms with E-state index in [9.17, 15) is 0 Å². The van der Waals surface area contributed by atoms with E-state index in [1.54, 1.807) is 0 Å². The number of benzene rings is 1. The van der Waals surface area contributed by atoms with Crippen LogP contribution < -0.4 is 0 Å². The van der Waals surface area contributed by atoms with Crippen molar-refractivity contribution in [1.82, 2.24) is 24.4 Å². The molecule has 134 valence electrons. The summed E-state index contributed by atoms with van der Waals surface area (Å²) in [6.07, 6.45) is 10.8. The van der Waals surface area contributed by atoms with Gasteiger partial charge < -0.3 is 0 Å². The van der Waals surface area contributed by atoms with Crippen molar-refractivity contribution in [1.29, 1.82) is 0 Å². The van der Waals surface area contributed by atoms with Gasteiger partial charge in [0.15, 0.2) is 5.82 Å². The molecule has 0 radical (unpaired) electrons. The SMILES string of the molecule is CCc1nccn1-c1cncc(C2CCCN(Cc3ccccc3)C2)n1. The van der Waals surface area contributed by atoms with Crippen molar-refractivity contribution < 1.29 is 0 Å². The maximum absolute atomic E-state index is 4.92. The fourth-order valence-electron chi connectivity index (χ4n) is 3.77. The van der Waals surface area contributed by atoms with E-state index >= 15 is 0 Å². The van der Waals surface area contributed by atoms with Crippen LogP contribution in [0.4, 0.5) is 0 Å². The molecule has 2 aromatic heterocycles. The van der Waals surface area contributed by atoms with Crippen molar-refractivity contribution in [2.75, 3.05) is 13.1 Å². The Hall–Kier alpha value is -2.53. The van der Waals surface area contributed by atoms with Gasteiger partial charge in [-0.15, -0.1) is 0 Å². The molecule has 1 aliphatic heterocycles. The number of hydrogen-bond donors (Lipinski definition) is 0. The zero-order chi connectivity index (χ0) is 17.8. The van der Waals surface area contributed by atoms with Gasteiger partial charge in [0.1, 0.15) is 5.82 Å². The van der Waals surface area contributed by atoms with E-state index in [1.165, 1.54) is 18.4 Å². The van der Waals surface area contributed by atoms with E-state index in [-0.39, 0.29) is 0 Å². The van der Waals surface area contributed by atoms with Gasteiger partial charge in [0.2, 0.25) is 0 Å². The van der Waals surface area contributed by atoms with E-state index < -0.39 is 0 Å². The standard InChI is InChI=1S/C21H25N5/c1-2-20-23-10-12-26(20)21-14-22-13-19(24-21)18-9-6-11-25(16-18)15-17-7-4-3-5-8-17/h3-5,7-8,10,12-14,18H,2,6,9,11,15-16H2,1H3. The van der Waals surface area contributed by atoms with Crippen molar-refractivity contribution in [2.45, 2.75) is 38.6 Å². The highest BCUT2D eigenvalue weighted by molar-refractivity contribution is 5.24. The van der Waals surface area contributed by atoms with E-state index in [1.807, 2.05) is 29.4 Å². The molecular formula is C21H25N5. The molecule has 1 aliphatic rings. The second kappa shape index (κ2) is 7.79. The molecule has 5 nitrogen and oxygen atoms in total. The van der Waals surface area contributed by atoms with Crippen LogP contribution in [0.2, 0.25) is 0 Å². The average Bonchev–Trinajstić information content (AvgIpc) is 3.18. The monoisotopic (exact) mass is 347 g/mol. The van der Waals surface area contributed by atoms with Crippen molar-refractivity contribution in [3.8, 4) is 5.82 Å². The molecule has 0 amide bonds. The minimum atomic E-state index is 0.438. The third kappa shape index (κ3) is 3.68. The normalized spacial score (nSPS) is 18.1. The van der Waals surface area contributed by atoms with Gasteiger partial charge in [-0.1, -0.05) is 37.3 Å². The topological polar surface area (TPSA) is 46.8 Å². The third-order valence-electron chi connectivity index (χ3n) is 5.09. The second-order valence-electron chi connectivity index (χ2n) is 6.93. The summed E-state index contributed by atoms with van der Waals surface area (Å²) < 4.78 is 2.04. The summed E-state index contributed by atoms with van der Waals surface area (Å²) in [4.78, 5) is 16.3. The molecule has 1 saturated heterocycles. The van der Waals surface area contributed by atoms with Crippen molar-refractivity contribution in [2.24, 2.45) is 0 Å². The molecule has 4 rings (SSSR count). The van der Waals surface area contributed by atoms with Gasteiger partial charge >= 0.3 is 0 Å². The number of aromatic nitrogens is 4. The first kappa shape index (κ1) is 16.9. The Balaban J connectivity index is 1.51. The van der Waals surface area contributed by atoms with Crippen molar-refractivity contribution >= 4 is 0 Å². The zero-order valence-corrected chi connectivity index (χ0v) is 15.3. The molecule has 3 aromatic rings. The summed E-state index contributed by atoms with van der Waals surface area (Å²) in [6.45, 7) is 5.31. The maximum atomic E-state index is 4.92. The number of imidazole rings is 1. The van der Waals surface area contributed by atoms with Crippen LogP contribution in [-0.2, 0) is 13.0 Å². The van der Waals surface area contributed by atoms with E-state index in [4.69, 9.17) is 4.98 Å². The number of rotatable bonds is 5. The number of aryl methyl sites for hydroxylation is 1. The fourth-order valence-corrected chi connectivity index (χ4v) is 3.77. The summed E-state index contributed by atoms with van der Waals surface area (Å²) in [5.41, 5.74) is 2.47. The molecule has 5 heteroatoms. The average molecular weight is 347 g/mol. The Morgan fingerprint density at radius 3 is 2.88 bits per heavy atom. The molecule has 26 heavy (non-hydrogen) atoms. The van der Waals surface area contributed by atoms with E-state index in [2.05, 4.69) is 52.1 Å². The molecule has 1 aromatic carbocycles. The summed E-state index contributed by atoms with van der Waals surface area (Å²) in [5, 5.41) is 0. The zero-order valence-electron chi connectivity index (χ0n) is 15.3. The minimum absolute atomic E-state index is 0.438. The molecular weight excluding hydrogens is 322 g/mol. The smallest absolute Gasteiger partial charge is 0.156 e. The van der Waals surface area contributed by atoms with Gasteiger partial charge in [-0.2, -0.15) is 0 Å². The summed E-state index contributed by atoms with van der Waals surface area (Å²) in [6, 6.07) is 10.7. The Labute approximate surface area is 154 Å². The predicted octanol–water partition coefficient (Wildman–Crippen LogP) is 3.60. The van der Waals surface area contributed by atoms with Crippen LogP contribution in [0.1, 0.15) is 42.8 Å². The maximum Gasteiger partial charge on any atom is 0.156 e. The van der Waals surface area contributed by atoms with Gasteiger partial charge in [0.05, 0.1) is 11.9 Å². The molecule has 1 unspecified atom stereocenters. The Kier molecular flexibility index (Phi) is 5.07. The van der Waals surface area contributed by atoms with Gasteiger partial charge in [-0.05, 0) is 24.9 Å². The molecule has 3 heterocycles. The summed E-state index contributed by atoms with van der Waals surface area (Å²) >= 11 is 0. The lowest BCUT2D eigenvalue weighted by Crippen LogP contribution is -2.34. The molecule has 0 aliphatic carbocycles. The van der Waals surface area contributed by atoms with Crippen LogP contribution in [0.25, 0.3) is 5.82 Å². The van der Waals surface area contributed by atoms with Crippen LogP contribution in [0.5, 0.6) is 0 Å². The van der Waals surface area contributed by atoms with Crippen molar-refractivity contribution in [3.05, 3.63) is 72.2 Å². The third-order valence-corrected chi connectivity index (χ3v) is 5.09. The van der Waals surface area contributed by atoms with E-state index in [0.29, 0.717) is 5.92 Å². The first-order valence-corrected chi connectivity index (χ1v) is 9.44. The predicted molar refractivity (Wildman–Crippen MR) is 102 cm³/mol. The highest BCUT2D eigenvalue weighted by atomic mass is 15.1. The Morgan fingerprint density at radius 1 is 1.15 bits per heavy atom. The van der Waals surface area contributed by atoms with Crippen LogP contribution in [0.15, 0.2) is 55.1 Å². The molecule has 0 saturated carbocycles. The van der Waals surface area contributed by atoms with Gasteiger partial charge in [-0.25, -0.2) is 9.97 Å². The Morgan fingerprint density at radius 2 is 2.04 bits per heavy atom. The molecule has 0 N–H and O–H groups in total. The largest absolute Gasteiger partial charge is 0.298 e. The van der Waals surface area contributed by atoms with E-state index in [0.717, 1.165) is 43.4 Å². The lowest BCUT2D eigenvalue weighted by molar-refractivity contribution is 0.198. The first-order valence-electron chi connectivity index (χ1n) is 9.44. The number of piperidine rings is 1. The second-order valence-corrected chi connectivity index (χ2v) is 6.93. The molecule has 0 bridgehead atoms. The van der Waals surface area contributed by atoms with Crippen LogP contribution >= 0.6 is 0 Å².